The van der Waals surface area contributed by atoms with Crippen LogP contribution in [0, 0.1) is 11.8 Å². The Morgan fingerprint density at radius 2 is 1.54 bits per heavy atom. The van der Waals surface area contributed by atoms with Gasteiger partial charge in [0.25, 0.3) is 0 Å². The van der Waals surface area contributed by atoms with Crippen molar-refractivity contribution in [3.63, 3.8) is 0 Å². The molecule has 0 radical (unpaired) electrons. The summed E-state index contributed by atoms with van der Waals surface area (Å²) >= 11 is 0. The van der Waals surface area contributed by atoms with Crippen molar-refractivity contribution in [1.29, 1.82) is 0 Å². The summed E-state index contributed by atoms with van der Waals surface area (Å²) in [5, 5.41) is 14.6. The molecule has 0 bridgehead atoms. The van der Waals surface area contributed by atoms with Crippen LogP contribution in [-0.4, -0.2) is 54.1 Å². The minimum Gasteiger partial charge on any atom is -0.481 e. The molecule has 0 spiro atoms. The zero-order valence-electron chi connectivity index (χ0n) is 14.3. The molecule has 3 amide bonds. The Morgan fingerprint density at radius 1 is 0.917 bits per heavy atom. The molecule has 2 aliphatic rings. The molecule has 7 heteroatoms. The number of hydrogen-bond donors (Lipinski definition) is 3. The number of aliphatic carboxylic acids is 1. The van der Waals surface area contributed by atoms with Crippen molar-refractivity contribution < 1.29 is 19.5 Å². The molecule has 3 N–H and O–H groups in total. The minimum atomic E-state index is -0.782. The number of carbonyl (C=O) groups is 3. The van der Waals surface area contributed by atoms with Gasteiger partial charge in [-0.2, -0.15) is 0 Å². The van der Waals surface area contributed by atoms with Crippen LogP contribution in [0.4, 0.5) is 4.79 Å². The van der Waals surface area contributed by atoms with Crippen LogP contribution in [0.3, 0.4) is 0 Å². The van der Waals surface area contributed by atoms with Crippen LogP contribution < -0.4 is 10.6 Å². The molecule has 1 aliphatic carbocycles. The molecule has 2 rings (SSSR count). The van der Waals surface area contributed by atoms with E-state index in [1.807, 2.05) is 0 Å². The molecule has 2 fully saturated rings. The molecular weight excluding hydrogens is 310 g/mol. The summed E-state index contributed by atoms with van der Waals surface area (Å²) in [6.07, 6.45) is 7.64. The highest BCUT2D eigenvalue weighted by atomic mass is 16.4. The number of carbonyl (C=O) groups excluding carboxylic acids is 2. The number of urea groups is 1. The van der Waals surface area contributed by atoms with E-state index in [-0.39, 0.29) is 17.9 Å². The lowest BCUT2D eigenvalue weighted by molar-refractivity contribution is -0.143. The molecule has 0 unspecified atom stereocenters. The maximum absolute atomic E-state index is 12.0. The van der Waals surface area contributed by atoms with Gasteiger partial charge in [0, 0.05) is 32.6 Å². The molecular formula is C17H29N3O4. The monoisotopic (exact) mass is 339 g/mol. The first kappa shape index (κ1) is 18.5. The van der Waals surface area contributed by atoms with Gasteiger partial charge in [-0.15, -0.1) is 0 Å². The zero-order valence-corrected chi connectivity index (χ0v) is 14.3. The SMILES string of the molecule is O=C(CC1CCCCC1)NCCNC(=O)N1CCC(C(=O)O)CC1. The van der Waals surface area contributed by atoms with E-state index in [1.165, 1.54) is 19.3 Å². The number of carboxylic acids is 1. The second-order valence-corrected chi connectivity index (χ2v) is 6.89. The Balaban J connectivity index is 1.54. The van der Waals surface area contributed by atoms with Gasteiger partial charge in [-0.1, -0.05) is 19.3 Å². The Kier molecular flexibility index (Phi) is 7.34. The minimum absolute atomic E-state index is 0.0680. The van der Waals surface area contributed by atoms with Gasteiger partial charge in [-0.25, -0.2) is 4.79 Å². The third kappa shape index (κ3) is 6.02. The number of nitrogens with one attached hydrogen (secondary N) is 2. The van der Waals surface area contributed by atoms with E-state index in [2.05, 4.69) is 10.6 Å². The maximum atomic E-state index is 12.0. The number of nitrogens with zero attached hydrogens (tertiary/aromatic N) is 1. The van der Waals surface area contributed by atoms with E-state index in [0.717, 1.165) is 12.8 Å². The van der Waals surface area contributed by atoms with E-state index in [0.29, 0.717) is 51.4 Å². The number of likely N-dealkylation sites (tertiary alicyclic amines) is 1. The van der Waals surface area contributed by atoms with Crippen molar-refractivity contribution in [3.05, 3.63) is 0 Å². The molecule has 1 saturated heterocycles. The summed E-state index contributed by atoms with van der Waals surface area (Å²) in [7, 11) is 0. The van der Waals surface area contributed by atoms with Crippen LogP contribution in [0.15, 0.2) is 0 Å². The summed E-state index contributed by atoms with van der Waals surface area (Å²) in [5.41, 5.74) is 0. The predicted molar refractivity (Wildman–Crippen MR) is 89.5 cm³/mol. The van der Waals surface area contributed by atoms with Crippen molar-refractivity contribution in [3.8, 4) is 0 Å². The van der Waals surface area contributed by atoms with E-state index in [1.54, 1.807) is 4.90 Å². The smallest absolute Gasteiger partial charge is 0.317 e. The van der Waals surface area contributed by atoms with Crippen molar-refractivity contribution in [2.24, 2.45) is 11.8 Å². The van der Waals surface area contributed by atoms with Crippen molar-refractivity contribution in [1.82, 2.24) is 15.5 Å². The molecule has 1 heterocycles. The fraction of sp³-hybridized carbons (Fsp3) is 0.824. The molecule has 0 aromatic carbocycles. The second kappa shape index (κ2) is 9.49. The zero-order chi connectivity index (χ0) is 17.4. The second-order valence-electron chi connectivity index (χ2n) is 6.89. The number of amides is 3. The lowest BCUT2D eigenvalue weighted by Crippen LogP contribution is -2.47. The first-order valence-corrected chi connectivity index (χ1v) is 9.08. The maximum Gasteiger partial charge on any atom is 0.317 e. The van der Waals surface area contributed by atoms with Crippen LogP contribution in [0.1, 0.15) is 51.4 Å². The highest BCUT2D eigenvalue weighted by molar-refractivity contribution is 5.77. The van der Waals surface area contributed by atoms with E-state index < -0.39 is 5.97 Å². The Hall–Kier alpha value is -1.79. The highest BCUT2D eigenvalue weighted by Crippen LogP contribution is 2.25. The van der Waals surface area contributed by atoms with E-state index in [9.17, 15) is 14.4 Å². The number of carboxylic acid groups (broad SMARTS) is 1. The van der Waals surface area contributed by atoms with Crippen molar-refractivity contribution in [2.45, 2.75) is 51.4 Å². The fourth-order valence-corrected chi connectivity index (χ4v) is 3.54. The van der Waals surface area contributed by atoms with Crippen LogP contribution in [0.5, 0.6) is 0 Å². The quantitative estimate of drug-likeness (QED) is 0.640. The van der Waals surface area contributed by atoms with Crippen molar-refractivity contribution >= 4 is 17.9 Å². The molecule has 7 nitrogen and oxygen atoms in total. The normalized spacial score (nSPS) is 19.8. The highest BCUT2D eigenvalue weighted by Gasteiger charge is 2.26. The Labute approximate surface area is 143 Å². The fourth-order valence-electron chi connectivity index (χ4n) is 3.54. The van der Waals surface area contributed by atoms with Gasteiger partial charge >= 0.3 is 12.0 Å². The molecule has 1 saturated carbocycles. The van der Waals surface area contributed by atoms with Gasteiger partial charge < -0.3 is 20.6 Å². The Morgan fingerprint density at radius 3 is 2.17 bits per heavy atom. The average molecular weight is 339 g/mol. The third-order valence-electron chi connectivity index (χ3n) is 5.05. The van der Waals surface area contributed by atoms with Crippen LogP contribution >= 0.6 is 0 Å². The van der Waals surface area contributed by atoms with Gasteiger partial charge in [0.15, 0.2) is 0 Å². The summed E-state index contributed by atoms with van der Waals surface area (Å²) in [6, 6.07) is -0.180. The summed E-state index contributed by atoms with van der Waals surface area (Å²) in [5.74, 6) is -0.536. The van der Waals surface area contributed by atoms with E-state index >= 15 is 0 Å². The Bertz CT molecular complexity index is 441. The van der Waals surface area contributed by atoms with Gasteiger partial charge in [-0.05, 0) is 31.6 Å². The first-order chi connectivity index (χ1) is 11.6. The number of rotatable bonds is 6. The largest absolute Gasteiger partial charge is 0.481 e. The van der Waals surface area contributed by atoms with E-state index in [4.69, 9.17) is 5.11 Å². The number of piperidine rings is 1. The van der Waals surface area contributed by atoms with Crippen LogP contribution in [0.25, 0.3) is 0 Å². The van der Waals surface area contributed by atoms with Crippen LogP contribution in [0.2, 0.25) is 0 Å². The van der Waals surface area contributed by atoms with Gasteiger partial charge in [-0.3, -0.25) is 9.59 Å². The van der Waals surface area contributed by atoms with Gasteiger partial charge in [0.1, 0.15) is 0 Å². The summed E-state index contributed by atoms with van der Waals surface area (Å²) < 4.78 is 0. The molecule has 0 aromatic rings. The van der Waals surface area contributed by atoms with Gasteiger partial charge in [0.2, 0.25) is 5.91 Å². The van der Waals surface area contributed by atoms with Crippen LogP contribution in [-0.2, 0) is 9.59 Å². The first-order valence-electron chi connectivity index (χ1n) is 9.08. The topological polar surface area (TPSA) is 98.7 Å². The standard InChI is InChI=1S/C17H29N3O4/c21-15(12-13-4-2-1-3-5-13)18-8-9-19-17(24)20-10-6-14(7-11-20)16(22)23/h13-14H,1-12H2,(H,18,21)(H,19,24)(H,22,23). The molecule has 0 aromatic heterocycles. The average Bonchev–Trinajstić information content (AvgIpc) is 2.59. The number of hydrogen-bond acceptors (Lipinski definition) is 3. The van der Waals surface area contributed by atoms with Crippen molar-refractivity contribution in [2.75, 3.05) is 26.2 Å². The summed E-state index contributed by atoms with van der Waals surface area (Å²) in [4.78, 5) is 36.4. The lowest BCUT2D eigenvalue weighted by Gasteiger charge is -2.30. The molecule has 1 aliphatic heterocycles. The molecule has 24 heavy (non-hydrogen) atoms. The molecule has 0 atom stereocenters. The van der Waals surface area contributed by atoms with Gasteiger partial charge in [0.05, 0.1) is 5.92 Å². The molecule has 136 valence electrons. The predicted octanol–water partition coefficient (Wildman–Crippen LogP) is 1.58. The third-order valence-corrected chi connectivity index (χ3v) is 5.05. The summed E-state index contributed by atoms with van der Waals surface area (Å²) in [6.45, 7) is 1.77. The lowest BCUT2D eigenvalue weighted by atomic mass is 9.87.